The van der Waals surface area contributed by atoms with Gasteiger partial charge in [0.15, 0.2) is 0 Å². The average Bonchev–Trinajstić information content (AvgIpc) is 2.31. The van der Waals surface area contributed by atoms with Gasteiger partial charge in [0.05, 0.1) is 0 Å². The van der Waals surface area contributed by atoms with Crippen LogP contribution in [-0.2, 0) is 11.3 Å². The number of hydrogen-bond acceptors (Lipinski definition) is 2. The number of nitrogens with zero attached hydrogens (tertiary/aromatic N) is 2. The van der Waals surface area contributed by atoms with E-state index in [9.17, 15) is 9.59 Å². The lowest BCUT2D eigenvalue weighted by Gasteiger charge is -2.26. The highest BCUT2D eigenvalue weighted by Crippen LogP contribution is 2.07. The highest BCUT2D eigenvalue weighted by molar-refractivity contribution is 9.10. The largest absolute Gasteiger partial charge is 0.341 e. The number of rotatable bonds is 6. The van der Waals surface area contributed by atoms with Gasteiger partial charge in [-0.25, -0.2) is 0 Å². The summed E-state index contributed by atoms with van der Waals surface area (Å²) in [6, 6.07) is 3.15. The highest BCUT2D eigenvalue weighted by Gasteiger charge is 2.17. The fraction of sp³-hybridized carbons (Fsp3) is 0.600. The number of carbonyl (C=O) groups excluding carboxylic acids is 1. The molecule has 4 nitrogen and oxygen atoms in total. The Morgan fingerprint density at radius 2 is 1.75 bits per heavy atom. The van der Waals surface area contributed by atoms with Crippen molar-refractivity contribution in [2.24, 2.45) is 11.8 Å². The van der Waals surface area contributed by atoms with Crippen LogP contribution in [0.1, 0.15) is 27.7 Å². The Morgan fingerprint density at radius 3 is 2.25 bits per heavy atom. The van der Waals surface area contributed by atoms with Gasteiger partial charge >= 0.3 is 0 Å². The lowest BCUT2D eigenvalue weighted by molar-refractivity contribution is -0.133. The number of amides is 1. The minimum Gasteiger partial charge on any atom is -0.341 e. The zero-order chi connectivity index (χ0) is 15.3. The van der Waals surface area contributed by atoms with Crippen molar-refractivity contribution in [3.8, 4) is 0 Å². The lowest BCUT2D eigenvalue weighted by Crippen LogP contribution is -2.40. The summed E-state index contributed by atoms with van der Waals surface area (Å²) in [4.78, 5) is 26.0. The number of hydrogen-bond donors (Lipinski definition) is 0. The Hall–Kier alpha value is -1.10. The number of aromatic nitrogens is 1. The molecular formula is C15H23BrN2O2. The van der Waals surface area contributed by atoms with E-state index in [1.165, 1.54) is 10.6 Å². The van der Waals surface area contributed by atoms with Crippen molar-refractivity contribution in [1.82, 2.24) is 9.47 Å². The molecular weight excluding hydrogens is 320 g/mol. The van der Waals surface area contributed by atoms with E-state index < -0.39 is 0 Å². The summed E-state index contributed by atoms with van der Waals surface area (Å²) in [5, 5.41) is 0. The molecule has 20 heavy (non-hydrogen) atoms. The topological polar surface area (TPSA) is 42.3 Å². The first-order valence-electron chi connectivity index (χ1n) is 6.93. The van der Waals surface area contributed by atoms with Gasteiger partial charge in [-0.15, -0.1) is 0 Å². The molecule has 0 bridgehead atoms. The number of halogens is 1. The van der Waals surface area contributed by atoms with Crippen LogP contribution in [-0.4, -0.2) is 28.5 Å². The molecule has 0 radical (unpaired) electrons. The Bertz CT molecular complexity index is 499. The van der Waals surface area contributed by atoms with Gasteiger partial charge in [0, 0.05) is 29.8 Å². The standard InChI is InChI=1S/C15H23BrN2O2/c1-11(2)7-17(8-12(3)4)15(20)10-18-9-13(16)5-6-14(18)19/h5-6,9,11-12H,7-8,10H2,1-4H3. The second-order valence-electron chi connectivity index (χ2n) is 5.90. The van der Waals surface area contributed by atoms with Crippen LogP contribution in [0.4, 0.5) is 0 Å². The normalized spacial score (nSPS) is 11.2. The van der Waals surface area contributed by atoms with Crippen molar-refractivity contribution in [1.29, 1.82) is 0 Å². The third-order valence-electron chi connectivity index (χ3n) is 2.78. The van der Waals surface area contributed by atoms with Crippen molar-refractivity contribution in [2.75, 3.05) is 13.1 Å². The molecule has 1 aromatic heterocycles. The van der Waals surface area contributed by atoms with Gasteiger partial charge in [-0.1, -0.05) is 27.7 Å². The quantitative estimate of drug-likeness (QED) is 0.797. The summed E-state index contributed by atoms with van der Waals surface area (Å²) in [5.41, 5.74) is -0.157. The molecule has 0 N–H and O–H groups in total. The van der Waals surface area contributed by atoms with E-state index in [0.717, 1.165) is 17.6 Å². The van der Waals surface area contributed by atoms with E-state index in [0.29, 0.717) is 11.8 Å². The van der Waals surface area contributed by atoms with Crippen LogP contribution in [0.5, 0.6) is 0 Å². The van der Waals surface area contributed by atoms with Crippen LogP contribution in [0.2, 0.25) is 0 Å². The van der Waals surface area contributed by atoms with Crippen molar-refractivity contribution >= 4 is 21.8 Å². The van der Waals surface area contributed by atoms with Crippen LogP contribution in [0.15, 0.2) is 27.6 Å². The Balaban J connectivity index is 2.84. The van der Waals surface area contributed by atoms with Crippen molar-refractivity contribution < 1.29 is 4.79 Å². The molecule has 1 heterocycles. The average molecular weight is 343 g/mol. The van der Waals surface area contributed by atoms with Crippen LogP contribution >= 0.6 is 15.9 Å². The van der Waals surface area contributed by atoms with Gasteiger partial charge in [-0.3, -0.25) is 9.59 Å². The lowest BCUT2D eigenvalue weighted by atomic mass is 10.1. The van der Waals surface area contributed by atoms with E-state index in [2.05, 4.69) is 43.6 Å². The molecule has 0 unspecified atom stereocenters. The van der Waals surface area contributed by atoms with Crippen molar-refractivity contribution in [3.05, 3.63) is 33.2 Å². The predicted octanol–water partition coefficient (Wildman–Crippen LogP) is 2.75. The van der Waals surface area contributed by atoms with E-state index >= 15 is 0 Å². The van der Waals surface area contributed by atoms with E-state index in [4.69, 9.17) is 0 Å². The van der Waals surface area contributed by atoms with Crippen LogP contribution in [0.25, 0.3) is 0 Å². The predicted molar refractivity (Wildman–Crippen MR) is 84.7 cm³/mol. The van der Waals surface area contributed by atoms with Crippen molar-refractivity contribution in [3.63, 3.8) is 0 Å². The summed E-state index contributed by atoms with van der Waals surface area (Å²) < 4.78 is 2.24. The SMILES string of the molecule is CC(C)CN(CC(C)C)C(=O)Cn1cc(Br)ccc1=O. The van der Waals surface area contributed by atoms with E-state index in [1.807, 2.05) is 4.90 Å². The van der Waals surface area contributed by atoms with Gasteiger partial charge < -0.3 is 9.47 Å². The van der Waals surface area contributed by atoms with Gasteiger partial charge in [0.2, 0.25) is 5.91 Å². The molecule has 0 spiro atoms. The monoisotopic (exact) mass is 342 g/mol. The zero-order valence-electron chi connectivity index (χ0n) is 12.6. The summed E-state index contributed by atoms with van der Waals surface area (Å²) in [6.07, 6.45) is 1.66. The molecule has 1 rings (SSSR count). The molecule has 0 aliphatic heterocycles. The molecule has 0 fully saturated rings. The molecule has 0 aliphatic carbocycles. The second kappa shape index (κ2) is 7.62. The summed E-state index contributed by atoms with van der Waals surface area (Å²) in [5.74, 6) is 0.821. The van der Waals surface area contributed by atoms with Gasteiger partial charge in [-0.2, -0.15) is 0 Å². The first-order valence-corrected chi connectivity index (χ1v) is 7.72. The van der Waals surface area contributed by atoms with Crippen LogP contribution < -0.4 is 5.56 Å². The third kappa shape index (κ3) is 5.49. The Morgan fingerprint density at radius 1 is 1.20 bits per heavy atom. The molecule has 1 amide bonds. The maximum atomic E-state index is 12.4. The fourth-order valence-electron chi connectivity index (χ4n) is 2.03. The third-order valence-corrected chi connectivity index (χ3v) is 3.25. The molecule has 1 aromatic rings. The molecule has 0 aromatic carbocycles. The highest BCUT2D eigenvalue weighted by atomic mass is 79.9. The number of carbonyl (C=O) groups is 1. The van der Waals surface area contributed by atoms with E-state index in [-0.39, 0.29) is 18.0 Å². The first-order chi connectivity index (χ1) is 9.29. The minimum atomic E-state index is -0.157. The second-order valence-corrected chi connectivity index (χ2v) is 6.82. The fourth-order valence-corrected chi connectivity index (χ4v) is 2.41. The summed E-state index contributed by atoms with van der Waals surface area (Å²) in [7, 11) is 0. The molecule has 5 heteroatoms. The summed E-state index contributed by atoms with van der Waals surface area (Å²) >= 11 is 3.32. The van der Waals surface area contributed by atoms with Crippen LogP contribution in [0.3, 0.4) is 0 Å². The Kier molecular flexibility index (Phi) is 6.46. The van der Waals surface area contributed by atoms with Crippen molar-refractivity contribution in [2.45, 2.75) is 34.2 Å². The maximum Gasteiger partial charge on any atom is 0.251 e. The Labute approximate surface area is 128 Å². The summed E-state index contributed by atoms with van der Waals surface area (Å²) in [6.45, 7) is 9.90. The molecule has 0 saturated heterocycles. The van der Waals surface area contributed by atoms with Gasteiger partial charge in [0.1, 0.15) is 6.54 Å². The maximum absolute atomic E-state index is 12.4. The molecule has 0 aliphatic rings. The molecule has 112 valence electrons. The minimum absolute atomic E-state index is 0.00685. The molecule has 0 saturated carbocycles. The zero-order valence-corrected chi connectivity index (χ0v) is 14.2. The van der Waals surface area contributed by atoms with E-state index in [1.54, 1.807) is 12.3 Å². The number of pyridine rings is 1. The van der Waals surface area contributed by atoms with Gasteiger partial charge in [-0.05, 0) is 33.8 Å². The van der Waals surface area contributed by atoms with Crippen LogP contribution in [0, 0.1) is 11.8 Å². The van der Waals surface area contributed by atoms with Gasteiger partial charge in [0.25, 0.3) is 5.56 Å². The molecule has 0 atom stereocenters. The first kappa shape index (κ1) is 17.0. The smallest absolute Gasteiger partial charge is 0.251 e.